The number of nitrogen functional groups attached to an aromatic ring is 1. The highest BCUT2D eigenvalue weighted by Gasteiger charge is 2.39. The summed E-state index contributed by atoms with van der Waals surface area (Å²) in [6.07, 6.45) is -0.392. The Hall–Kier alpha value is -3.14. The van der Waals surface area contributed by atoms with E-state index in [1.54, 1.807) is 65.8 Å². The lowest BCUT2D eigenvalue weighted by Crippen LogP contribution is -2.35. The first kappa shape index (κ1) is 28.9. The minimum atomic E-state index is -3.84. The van der Waals surface area contributed by atoms with Gasteiger partial charge in [-0.2, -0.15) is 0 Å². The zero-order chi connectivity index (χ0) is 29.2. The van der Waals surface area contributed by atoms with Crippen molar-refractivity contribution in [2.75, 3.05) is 16.3 Å². The smallest absolute Gasteiger partial charge is 0.337 e. The minimum absolute atomic E-state index is 0.0945. The molecule has 1 atom stereocenters. The SMILES string of the molecule is Cc1c(-c2c(C)c3c(c(C)c2[C@H](OC(C)(C)C)C(=O)O)N(S(C)(=O)=O)Cc2cccc(F)c2-3)ccc(Cl)c1N. The van der Waals surface area contributed by atoms with E-state index in [0.29, 0.717) is 49.7 Å². The van der Waals surface area contributed by atoms with Crippen molar-refractivity contribution in [3.05, 3.63) is 69.0 Å². The van der Waals surface area contributed by atoms with Gasteiger partial charge in [-0.15, -0.1) is 0 Å². The molecule has 10 heteroatoms. The fourth-order valence-electron chi connectivity index (χ4n) is 5.35. The van der Waals surface area contributed by atoms with Crippen LogP contribution in [0.4, 0.5) is 15.8 Å². The summed E-state index contributed by atoms with van der Waals surface area (Å²) >= 11 is 6.29. The summed E-state index contributed by atoms with van der Waals surface area (Å²) in [6.45, 7) is 10.3. The number of fused-ring (bicyclic) bond motifs is 3. The number of halogens is 2. The third kappa shape index (κ3) is 4.99. The number of carboxylic acids is 1. The third-order valence-corrected chi connectivity index (χ3v) is 8.46. The van der Waals surface area contributed by atoms with E-state index in [9.17, 15) is 18.3 Å². The van der Waals surface area contributed by atoms with E-state index in [4.69, 9.17) is 22.1 Å². The van der Waals surface area contributed by atoms with Crippen molar-refractivity contribution in [2.45, 2.75) is 59.8 Å². The number of nitrogens with two attached hydrogens (primary N) is 1. The van der Waals surface area contributed by atoms with Crippen molar-refractivity contribution in [3.63, 3.8) is 0 Å². The van der Waals surface area contributed by atoms with Crippen molar-refractivity contribution < 1.29 is 27.4 Å². The van der Waals surface area contributed by atoms with Crippen LogP contribution in [-0.4, -0.2) is 31.4 Å². The molecule has 0 aliphatic carbocycles. The van der Waals surface area contributed by atoms with E-state index in [1.165, 1.54) is 10.4 Å². The average molecular weight is 575 g/mol. The van der Waals surface area contributed by atoms with Gasteiger partial charge in [0.05, 0.1) is 34.8 Å². The molecule has 0 saturated carbocycles. The molecule has 3 aromatic rings. The molecule has 0 amide bonds. The fraction of sp³-hybridized carbons (Fsp3) is 0.345. The van der Waals surface area contributed by atoms with Gasteiger partial charge in [-0.05, 0) is 87.1 Å². The van der Waals surface area contributed by atoms with Crippen LogP contribution in [0.25, 0.3) is 22.3 Å². The molecule has 1 aliphatic heterocycles. The summed E-state index contributed by atoms with van der Waals surface area (Å²) in [7, 11) is -3.84. The van der Waals surface area contributed by atoms with E-state index >= 15 is 4.39 Å². The van der Waals surface area contributed by atoms with Gasteiger partial charge >= 0.3 is 5.97 Å². The van der Waals surface area contributed by atoms with Gasteiger partial charge in [-0.1, -0.05) is 29.8 Å². The number of hydrogen-bond donors (Lipinski definition) is 2. The van der Waals surface area contributed by atoms with E-state index in [2.05, 4.69) is 0 Å². The monoisotopic (exact) mass is 574 g/mol. The van der Waals surface area contributed by atoms with Gasteiger partial charge in [0.15, 0.2) is 6.10 Å². The molecule has 208 valence electrons. The number of carbonyl (C=O) groups is 1. The number of hydrogen-bond acceptors (Lipinski definition) is 5. The van der Waals surface area contributed by atoms with E-state index in [0.717, 1.165) is 6.26 Å². The summed E-state index contributed by atoms with van der Waals surface area (Å²) in [4.78, 5) is 12.8. The molecule has 3 N–H and O–H groups in total. The lowest BCUT2D eigenvalue weighted by atomic mass is 9.79. The number of carboxylic acid groups (broad SMARTS) is 1. The van der Waals surface area contributed by atoms with Crippen LogP contribution in [0, 0.1) is 26.6 Å². The number of nitrogens with zero attached hydrogens (tertiary/aromatic N) is 1. The van der Waals surface area contributed by atoms with Gasteiger partial charge in [0.1, 0.15) is 5.82 Å². The molecule has 0 aromatic heterocycles. The van der Waals surface area contributed by atoms with Crippen molar-refractivity contribution >= 4 is 39.0 Å². The minimum Gasteiger partial charge on any atom is -0.479 e. The van der Waals surface area contributed by atoms with E-state index < -0.39 is 33.5 Å². The van der Waals surface area contributed by atoms with Crippen molar-refractivity contribution in [3.8, 4) is 22.3 Å². The second kappa shape index (κ2) is 9.80. The lowest BCUT2D eigenvalue weighted by molar-refractivity contribution is -0.160. The predicted octanol–water partition coefficient (Wildman–Crippen LogP) is 6.54. The maximum atomic E-state index is 15.5. The van der Waals surface area contributed by atoms with Crippen LogP contribution in [0.5, 0.6) is 0 Å². The topological polar surface area (TPSA) is 110 Å². The maximum Gasteiger partial charge on any atom is 0.337 e. The maximum absolute atomic E-state index is 15.5. The highest BCUT2D eigenvalue weighted by atomic mass is 35.5. The predicted molar refractivity (Wildman–Crippen MR) is 153 cm³/mol. The molecule has 4 rings (SSSR count). The van der Waals surface area contributed by atoms with Gasteiger partial charge < -0.3 is 15.6 Å². The first-order valence-electron chi connectivity index (χ1n) is 12.3. The second-order valence-electron chi connectivity index (χ2n) is 10.9. The Balaban J connectivity index is 2.29. The summed E-state index contributed by atoms with van der Waals surface area (Å²) in [5.74, 6) is -1.75. The number of rotatable bonds is 5. The highest BCUT2D eigenvalue weighted by molar-refractivity contribution is 7.92. The summed E-state index contributed by atoms with van der Waals surface area (Å²) < 4.78 is 49.0. The van der Waals surface area contributed by atoms with Gasteiger partial charge in [0.25, 0.3) is 0 Å². The molecule has 0 bridgehead atoms. The van der Waals surface area contributed by atoms with E-state index in [-0.39, 0.29) is 23.4 Å². The molecule has 3 aromatic carbocycles. The molecule has 0 fully saturated rings. The Bertz CT molecular complexity index is 1630. The normalized spacial score (nSPS) is 14.1. The van der Waals surface area contributed by atoms with Gasteiger partial charge in [-0.3, -0.25) is 4.31 Å². The van der Waals surface area contributed by atoms with E-state index in [1.807, 2.05) is 0 Å². The molecule has 0 unspecified atom stereocenters. The van der Waals surface area contributed by atoms with Crippen LogP contribution < -0.4 is 10.0 Å². The first-order valence-corrected chi connectivity index (χ1v) is 14.6. The first-order chi connectivity index (χ1) is 18.0. The fourth-order valence-corrected chi connectivity index (χ4v) is 6.49. The molecule has 39 heavy (non-hydrogen) atoms. The number of sulfonamides is 1. The standard InChI is InChI=1S/C29H32ClFN2O5S/c1-14-18(11-12-19(30)25(14)32)21-15(2)22-24-17(9-8-10-20(24)31)13-33(39(7,36)37)26(22)16(3)23(21)27(28(34)35)38-29(4,5)6/h8-12,27H,13,32H2,1-7H3,(H,34,35)/t27-/m0/s1. The molecule has 1 heterocycles. The van der Waals surface area contributed by atoms with Crippen molar-refractivity contribution in [2.24, 2.45) is 0 Å². The van der Waals surface area contributed by atoms with Crippen LogP contribution in [-0.2, 0) is 26.1 Å². The summed E-state index contributed by atoms with van der Waals surface area (Å²) in [6, 6.07) is 7.92. The Morgan fingerprint density at radius 2 is 1.72 bits per heavy atom. The second-order valence-corrected chi connectivity index (χ2v) is 13.2. The molecule has 0 radical (unpaired) electrons. The van der Waals surface area contributed by atoms with Crippen LogP contribution >= 0.6 is 11.6 Å². The Morgan fingerprint density at radius 1 is 1.08 bits per heavy atom. The van der Waals surface area contributed by atoms with Crippen molar-refractivity contribution in [1.29, 1.82) is 0 Å². The number of anilines is 2. The number of aliphatic carboxylic acids is 1. The zero-order valence-corrected chi connectivity index (χ0v) is 24.5. The molecule has 7 nitrogen and oxygen atoms in total. The van der Waals surface area contributed by atoms with Crippen molar-refractivity contribution in [1.82, 2.24) is 0 Å². The summed E-state index contributed by atoms with van der Waals surface area (Å²) in [5.41, 5.74) is 9.94. The van der Waals surface area contributed by atoms with Crippen LogP contribution in [0.3, 0.4) is 0 Å². The zero-order valence-electron chi connectivity index (χ0n) is 22.9. The quantitative estimate of drug-likeness (QED) is 0.335. The largest absolute Gasteiger partial charge is 0.479 e. The molecule has 0 spiro atoms. The highest BCUT2D eigenvalue weighted by Crippen LogP contribution is 2.52. The summed E-state index contributed by atoms with van der Waals surface area (Å²) in [5, 5.41) is 10.8. The number of benzene rings is 3. The van der Waals surface area contributed by atoms with Crippen LogP contribution in [0.1, 0.15) is 54.7 Å². The van der Waals surface area contributed by atoms with Gasteiger partial charge in [-0.25, -0.2) is 17.6 Å². The Labute approximate surface area is 233 Å². The van der Waals surface area contributed by atoms with Crippen LogP contribution in [0.15, 0.2) is 30.3 Å². The third-order valence-electron chi connectivity index (χ3n) is 7.02. The van der Waals surface area contributed by atoms with Gasteiger partial charge in [0.2, 0.25) is 10.0 Å². The van der Waals surface area contributed by atoms with Gasteiger partial charge in [0, 0.05) is 16.7 Å². The molecule has 0 saturated heterocycles. The average Bonchev–Trinajstić information content (AvgIpc) is 2.82. The lowest BCUT2D eigenvalue weighted by Gasteiger charge is -2.37. The molecule has 1 aliphatic rings. The Kier molecular flexibility index (Phi) is 7.25. The van der Waals surface area contributed by atoms with Crippen LogP contribution in [0.2, 0.25) is 5.02 Å². The molecular weight excluding hydrogens is 543 g/mol. The Morgan fingerprint density at radius 3 is 2.28 bits per heavy atom. The number of ether oxygens (including phenoxy) is 1. The molecular formula is C29H32ClFN2O5S.